The smallest absolute Gasteiger partial charge is 0.412 e. The molecule has 0 saturated heterocycles. The van der Waals surface area contributed by atoms with Crippen molar-refractivity contribution in [2.75, 3.05) is 11.9 Å². The number of nitrogens with zero attached hydrogens (tertiary/aromatic N) is 1. The largest absolute Gasteiger partial charge is 0.465 e. The highest BCUT2D eigenvalue weighted by molar-refractivity contribution is 5.94. The molecule has 0 saturated carbocycles. The molecule has 0 radical (unpaired) electrons. The minimum atomic E-state index is -0.649. The Kier molecular flexibility index (Phi) is 5.52. The van der Waals surface area contributed by atoms with E-state index < -0.39 is 18.3 Å². The van der Waals surface area contributed by atoms with E-state index >= 15 is 0 Å². The van der Waals surface area contributed by atoms with Crippen molar-refractivity contribution in [3.8, 4) is 0 Å². The summed E-state index contributed by atoms with van der Waals surface area (Å²) in [6.07, 6.45) is -1.75. The first-order valence-electron chi connectivity index (χ1n) is 9.24. The van der Waals surface area contributed by atoms with E-state index in [0.717, 1.165) is 11.1 Å². The van der Waals surface area contributed by atoms with Crippen molar-refractivity contribution in [3.63, 3.8) is 0 Å². The number of ether oxygens (including phenoxy) is 2. The molecule has 1 heterocycles. The maximum atomic E-state index is 13.0. The molecule has 4 rings (SSSR count). The first kappa shape index (κ1) is 18.7. The van der Waals surface area contributed by atoms with Gasteiger partial charge >= 0.3 is 6.09 Å². The topological polar surface area (TPSA) is 59.9 Å². The lowest BCUT2D eigenvalue weighted by molar-refractivity contribution is 0.00996. The average molecular weight is 390 g/mol. The van der Waals surface area contributed by atoms with Crippen LogP contribution in [-0.2, 0) is 9.47 Å². The number of nitrogens with one attached hydrogen (secondary N) is 1. The first-order valence-corrected chi connectivity index (χ1v) is 9.24. The van der Waals surface area contributed by atoms with Crippen molar-refractivity contribution in [2.24, 2.45) is 4.99 Å². The van der Waals surface area contributed by atoms with Crippen LogP contribution in [0.15, 0.2) is 89.9 Å². The predicted molar refractivity (Wildman–Crippen MR) is 108 cm³/mol. The Morgan fingerprint density at radius 1 is 0.966 bits per heavy atom. The predicted octanol–water partition coefficient (Wildman–Crippen LogP) is 4.96. The average Bonchev–Trinajstić information content (AvgIpc) is 2.77. The number of hydrogen-bond acceptors (Lipinski definition) is 4. The Labute approximate surface area is 167 Å². The van der Waals surface area contributed by atoms with Gasteiger partial charge in [-0.25, -0.2) is 14.2 Å². The number of anilines is 1. The molecular formula is C23H19FN2O3. The maximum Gasteiger partial charge on any atom is 0.412 e. The first-order chi connectivity index (χ1) is 14.2. The lowest BCUT2D eigenvalue weighted by Crippen LogP contribution is -2.37. The number of aliphatic imine (C=N–C) groups is 1. The van der Waals surface area contributed by atoms with E-state index in [2.05, 4.69) is 10.3 Å². The van der Waals surface area contributed by atoms with Crippen LogP contribution < -0.4 is 5.32 Å². The molecule has 0 spiro atoms. The van der Waals surface area contributed by atoms with Crippen LogP contribution in [0.4, 0.5) is 14.9 Å². The van der Waals surface area contributed by atoms with Crippen LogP contribution in [0.25, 0.3) is 0 Å². The van der Waals surface area contributed by atoms with Gasteiger partial charge < -0.3 is 9.47 Å². The quantitative estimate of drug-likeness (QED) is 0.685. The summed E-state index contributed by atoms with van der Waals surface area (Å²) in [7, 11) is 0. The molecule has 29 heavy (non-hydrogen) atoms. The summed E-state index contributed by atoms with van der Waals surface area (Å²) in [6.45, 7) is 0.265. The van der Waals surface area contributed by atoms with Gasteiger partial charge in [0.25, 0.3) is 0 Å². The van der Waals surface area contributed by atoms with Crippen LogP contribution in [0.2, 0.25) is 0 Å². The summed E-state index contributed by atoms with van der Waals surface area (Å²) < 4.78 is 24.8. The summed E-state index contributed by atoms with van der Waals surface area (Å²) >= 11 is 0. The van der Waals surface area contributed by atoms with Crippen molar-refractivity contribution in [2.45, 2.75) is 12.2 Å². The molecule has 0 bridgehead atoms. The van der Waals surface area contributed by atoms with Crippen molar-refractivity contribution < 1.29 is 18.7 Å². The third kappa shape index (κ3) is 4.60. The van der Waals surface area contributed by atoms with Gasteiger partial charge in [-0.2, -0.15) is 0 Å². The Balaban J connectivity index is 1.53. The zero-order valence-electron chi connectivity index (χ0n) is 15.5. The minimum Gasteiger partial charge on any atom is -0.465 e. The molecule has 0 aromatic heterocycles. The molecule has 146 valence electrons. The maximum absolute atomic E-state index is 13.0. The third-order valence-electron chi connectivity index (χ3n) is 4.49. The molecule has 1 N–H and O–H groups in total. The van der Waals surface area contributed by atoms with Crippen LogP contribution >= 0.6 is 0 Å². The molecule has 0 aliphatic carbocycles. The monoisotopic (exact) mass is 390 g/mol. The molecule has 1 aliphatic heterocycles. The number of carbonyl (C=O) groups excluding carboxylic acids is 1. The number of rotatable bonds is 4. The Morgan fingerprint density at radius 2 is 1.62 bits per heavy atom. The van der Waals surface area contributed by atoms with Crippen molar-refractivity contribution in [1.29, 1.82) is 0 Å². The fourth-order valence-electron chi connectivity index (χ4n) is 3.08. The van der Waals surface area contributed by atoms with Gasteiger partial charge in [0.05, 0.1) is 6.54 Å². The van der Waals surface area contributed by atoms with Crippen LogP contribution in [-0.4, -0.2) is 24.6 Å². The zero-order valence-corrected chi connectivity index (χ0v) is 15.5. The molecule has 0 fully saturated rings. The Morgan fingerprint density at radius 3 is 2.31 bits per heavy atom. The van der Waals surface area contributed by atoms with Crippen molar-refractivity contribution in [3.05, 3.63) is 102 Å². The van der Waals surface area contributed by atoms with Gasteiger partial charge in [0, 0.05) is 11.3 Å². The molecule has 6 heteroatoms. The van der Waals surface area contributed by atoms with E-state index in [-0.39, 0.29) is 12.4 Å². The highest BCUT2D eigenvalue weighted by Crippen LogP contribution is 2.29. The normalized spacial score (nSPS) is 18.3. The van der Waals surface area contributed by atoms with E-state index in [1.165, 1.54) is 24.3 Å². The van der Waals surface area contributed by atoms with Crippen molar-refractivity contribution in [1.82, 2.24) is 0 Å². The Bertz CT molecular complexity index is 992. The summed E-state index contributed by atoms with van der Waals surface area (Å²) in [5.41, 5.74) is 2.19. The lowest BCUT2D eigenvalue weighted by atomic mass is 10.0. The second-order valence-corrected chi connectivity index (χ2v) is 6.54. The minimum absolute atomic E-state index is 0.265. The van der Waals surface area contributed by atoms with E-state index in [0.29, 0.717) is 11.6 Å². The second kappa shape index (κ2) is 8.56. The van der Waals surface area contributed by atoms with Gasteiger partial charge in [-0.1, -0.05) is 48.5 Å². The zero-order chi connectivity index (χ0) is 20.1. The molecule has 2 atom stereocenters. The number of hydrogen-bond donors (Lipinski definition) is 1. The van der Waals surface area contributed by atoms with Gasteiger partial charge in [0.15, 0.2) is 12.2 Å². The van der Waals surface area contributed by atoms with E-state index in [9.17, 15) is 9.18 Å². The molecule has 3 aromatic rings. The van der Waals surface area contributed by atoms with E-state index in [1.54, 1.807) is 0 Å². The van der Waals surface area contributed by atoms with E-state index in [1.807, 2.05) is 60.7 Å². The molecule has 3 aromatic carbocycles. The number of halogens is 1. The van der Waals surface area contributed by atoms with Gasteiger partial charge in [-0.05, 0) is 42.0 Å². The molecule has 5 nitrogen and oxygen atoms in total. The lowest BCUT2D eigenvalue weighted by Gasteiger charge is -2.31. The summed E-state index contributed by atoms with van der Waals surface area (Å²) in [4.78, 5) is 16.8. The number of carbonyl (C=O) groups is 1. The van der Waals surface area contributed by atoms with Crippen LogP contribution in [0, 0.1) is 5.82 Å². The SMILES string of the molecule is O=C(Nc1ccc(F)cc1)OC1CN=C(c2ccccc2)OC1c1ccccc1. The third-order valence-corrected chi connectivity index (χ3v) is 4.49. The van der Waals surface area contributed by atoms with Gasteiger partial charge in [-0.15, -0.1) is 0 Å². The van der Waals surface area contributed by atoms with Crippen LogP contribution in [0.1, 0.15) is 17.2 Å². The highest BCUT2D eigenvalue weighted by Gasteiger charge is 2.33. The molecular weight excluding hydrogens is 371 g/mol. The number of amides is 1. The van der Waals surface area contributed by atoms with E-state index in [4.69, 9.17) is 9.47 Å². The molecule has 2 unspecified atom stereocenters. The second-order valence-electron chi connectivity index (χ2n) is 6.54. The van der Waals surface area contributed by atoms with Crippen LogP contribution in [0.5, 0.6) is 0 Å². The standard InChI is InChI=1S/C23H19FN2O3/c24-18-11-13-19(14-12-18)26-23(27)28-20-15-25-22(17-9-5-2-6-10-17)29-21(20)16-7-3-1-4-8-16/h1-14,20-21H,15H2,(H,26,27). The van der Waals surface area contributed by atoms with Crippen molar-refractivity contribution >= 4 is 17.7 Å². The summed E-state index contributed by atoms with van der Waals surface area (Å²) in [5, 5.41) is 2.60. The summed E-state index contributed by atoms with van der Waals surface area (Å²) in [5.74, 6) is 0.134. The Hall–Kier alpha value is -3.67. The van der Waals surface area contributed by atoms with Crippen LogP contribution in [0.3, 0.4) is 0 Å². The number of benzene rings is 3. The highest BCUT2D eigenvalue weighted by atomic mass is 19.1. The molecule has 1 amide bonds. The summed E-state index contributed by atoms with van der Waals surface area (Å²) in [6, 6.07) is 24.6. The molecule has 1 aliphatic rings. The van der Waals surface area contributed by atoms with Gasteiger partial charge in [0.2, 0.25) is 5.90 Å². The fourth-order valence-corrected chi connectivity index (χ4v) is 3.08. The van der Waals surface area contributed by atoms with Gasteiger partial charge in [-0.3, -0.25) is 5.32 Å². The fraction of sp³-hybridized carbons (Fsp3) is 0.130. The van der Waals surface area contributed by atoms with Gasteiger partial charge in [0.1, 0.15) is 5.82 Å².